The molecule has 1 aliphatic rings. The van der Waals surface area contributed by atoms with Gasteiger partial charge in [-0.15, -0.1) is 0 Å². The largest absolute Gasteiger partial charge is 0.324 e. The van der Waals surface area contributed by atoms with Gasteiger partial charge in [-0.3, -0.25) is 9.59 Å². The lowest BCUT2D eigenvalue weighted by Crippen LogP contribution is -2.45. The van der Waals surface area contributed by atoms with Crippen LogP contribution in [0.5, 0.6) is 0 Å². The molecule has 1 N–H and O–H groups in total. The SMILES string of the molecule is CC1CC(=O)Nc2ccccc2N1C(=O)CN(C)S(=O)(=O)c1ccc(Cl)cc1. The van der Waals surface area contributed by atoms with Crippen molar-refractivity contribution in [3.8, 4) is 0 Å². The molecule has 0 aromatic heterocycles. The van der Waals surface area contributed by atoms with E-state index in [1.165, 1.54) is 36.2 Å². The third-order valence-corrected chi connectivity index (χ3v) is 6.58. The lowest BCUT2D eigenvalue weighted by Gasteiger charge is -2.29. The van der Waals surface area contributed by atoms with E-state index in [1.807, 2.05) is 0 Å². The highest BCUT2D eigenvalue weighted by molar-refractivity contribution is 7.89. The average Bonchev–Trinajstić information content (AvgIpc) is 2.76. The summed E-state index contributed by atoms with van der Waals surface area (Å²) in [6.07, 6.45) is 0.119. The predicted molar refractivity (Wildman–Crippen MR) is 108 cm³/mol. The molecule has 0 spiro atoms. The van der Waals surface area contributed by atoms with Crippen LogP contribution >= 0.6 is 11.6 Å². The number of nitrogens with one attached hydrogen (secondary N) is 1. The molecule has 2 aromatic rings. The third kappa shape index (κ3) is 4.04. The topological polar surface area (TPSA) is 86.8 Å². The number of carbonyl (C=O) groups is 2. The van der Waals surface area contributed by atoms with E-state index in [9.17, 15) is 18.0 Å². The molecule has 1 atom stereocenters. The van der Waals surface area contributed by atoms with Gasteiger partial charge in [-0.25, -0.2) is 8.42 Å². The molecule has 0 fully saturated rings. The fourth-order valence-corrected chi connectivity index (χ4v) is 4.35. The van der Waals surface area contributed by atoms with Gasteiger partial charge in [0.15, 0.2) is 0 Å². The highest BCUT2D eigenvalue weighted by Gasteiger charge is 2.32. The number of nitrogens with zero attached hydrogens (tertiary/aromatic N) is 2. The van der Waals surface area contributed by atoms with E-state index in [-0.39, 0.29) is 23.8 Å². The standard InChI is InChI=1S/C19H20ClN3O4S/c1-13-11-18(24)21-16-5-3-4-6-17(16)23(13)19(25)12-22(2)28(26,27)15-9-7-14(20)8-10-15/h3-10,13H,11-12H2,1-2H3,(H,21,24). The lowest BCUT2D eigenvalue weighted by atomic mass is 10.1. The van der Waals surface area contributed by atoms with Gasteiger partial charge < -0.3 is 10.2 Å². The van der Waals surface area contributed by atoms with E-state index in [0.717, 1.165) is 4.31 Å². The molecule has 148 valence electrons. The van der Waals surface area contributed by atoms with Crippen LogP contribution in [0.3, 0.4) is 0 Å². The van der Waals surface area contributed by atoms with Gasteiger partial charge in [-0.2, -0.15) is 4.31 Å². The van der Waals surface area contributed by atoms with Gasteiger partial charge in [0.05, 0.1) is 22.8 Å². The average molecular weight is 422 g/mol. The van der Waals surface area contributed by atoms with Crippen LogP contribution in [0.15, 0.2) is 53.4 Å². The van der Waals surface area contributed by atoms with Crippen LogP contribution in [0.2, 0.25) is 5.02 Å². The van der Waals surface area contributed by atoms with Crippen molar-refractivity contribution in [1.82, 2.24) is 4.31 Å². The molecule has 3 rings (SSSR count). The van der Waals surface area contributed by atoms with Gasteiger partial charge >= 0.3 is 0 Å². The Balaban J connectivity index is 1.87. The summed E-state index contributed by atoms with van der Waals surface area (Å²) in [5, 5.41) is 3.20. The molecule has 9 heteroatoms. The number of halogens is 1. The van der Waals surface area contributed by atoms with Crippen molar-refractivity contribution in [2.75, 3.05) is 23.8 Å². The highest BCUT2D eigenvalue weighted by Crippen LogP contribution is 2.31. The van der Waals surface area contributed by atoms with Crippen LogP contribution in [0.4, 0.5) is 11.4 Å². The Bertz CT molecular complexity index is 1010. The first kappa shape index (κ1) is 20.3. The number of hydrogen-bond acceptors (Lipinski definition) is 4. The van der Waals surface area contributed by atoms with Gasteiger partial charge in [-0.05, 0) is 43.3 Å². The Morgan fingerprint density at radius 3 is 2.54 bits per heavy atom. The number of likely N-dealkylation sites (N-methyl/N-ethyl adjacent to an activating group) is 1. The van der Waals surface area contributed by atoms with Crippen molar-refractivity contribution < 1.29 is 18.0 Å². The van der Waals surface area contributed by atoms with E-state index < -0.39 is 22.0 Å². The number of anilines is 2. The zero-order valence-electron chi connectivity index (χ0n) is 15.4. The number of fused-ring (bicyclic) bond motifs is 1. The third-order valence-electron chi connectivity index (χ3n) is 4.51. The lowest BCUT2D eigenvalue weighted by molar-refractivity contribution is -0.119. The molecule has 1 heterocycles. The molecule has 7 nitrogen and oxygen atoms in total. The minimum Gasteiger partial charge on any atom is -0.324 e. The Morgan fingerprint density at radius 2 is 1.86 bits per heavy atom. The summed E-state index contributed by atoms with van der Waals surface area (Å²) in [6, 6.07) is 12.3. The van der Waals surface area contributed by atoms with Crippen LogP contribution in [-0.2, 0) is 19.6 Å². The first-order valence-electron chi connectivity index (χ1n) is 8.63. The zero-order valence-corrected chi connectivity index (χ0v) is 17.0. The molecule has 28 heavy (non-hydrogen) atoms. The van der Waals surface area contributed by atoms with Crippen molar-refractivity contribution in [3.05, 3.63) is 53.6 Å². The van der Waals surface area contributed by atoms with Crippen LogP contribution in [0.25, 0.3) is 0 Å². The second kappa shape index (κ2) is 7.90. The Morgan fingerprint density at radius 1 is 1.21 bits per heavy atom. The number of amides is 2. The van der Waals surface area contributed by atoms with Crippen LogP contribution in [0, 0.1) is 0 Å². The Labute approximate surface area is 168 Å². The van der Waals surface area contributed by atoms with E-state index in [1.54, 1.807) is 31.2 Å². The summed E-state index contributed by atoms with van der Waals surface area (Å²) >= 11 is 5.82. The number of benzene rings is 2. The van der Waals surface area contributed by atoms with Crippen LogP contribution < -0.4 is 10.2 Å². The van der Waals surface area contributed by atoms with E-state index in [4.69, 9.17) is 11.6 Å². The fraction of sp³-hybridized carbons (Fsp3) is 0.263. The molecule has 2 aromatic carbocycles. The van der Waals surface area contributed by atoms with Crippen molar-refractivity contribution in [2.24, 2.45) is 0 Å². The molecule has 1 aliphatic heterocycles. The molecule has 0 bridgehead atoms. The molecular formula is C19H20ClN3O4S. The highest BCUT2D eigenvalue weighted by atomic mass is 35.5. The smallest absolute Gasteiger partial charge is 0.243 e. The van der Waals surface area contributed by atoms with Gasteiger partial charge in [-0.1, -0.05) is 23.7 Å². The molecular weight excluding hydrogens is 402 g/mol. The maximum Gasteiger partial charge on any atom is 0.243 e. The number of para-hydroxylation sites is 2. The van der Waals surface area contributed by atoms with Crippen molar-refractivity contribution in [3.63, 3.8) is 0 Å². The molecule has 0 saturated carbocycles. The zero-order chi connectivity index (χ0) is 20.5. The van der Waals surface area contributed by atoms with Gasteiger partial charge in [0, 0.05) is 24.5 Å². The van der Waals surface area contributed by atoms with Gasteiger partial charge in [0.2, 0.25) is 21.8 Å². The van der Waals surface area contributed by atoms with Gasteiger partial charge in [0.25, 0.3) is 0 Å². The van der Waals surface area contributed by atoms with Crippen LogP contribution in [0.1, 0.15) is 13.3 Å². The predicted octanol–water partition coefficient (Wildman–Crippen LogP) is 2.72. The van der Waals surface area contributed by atoms with Crippen molar-refractivity contribution in [2.45, 2.75) is 24.3 Å². The minimum absolute atomic E-state index is 0.0494. The van der Waals surface area contributed by atoms with E-state index >= 15 is 0 Å². The Kier molecular flexibility index (Phi) is 5.74. The van der Waals surface area contributed by atoms with Crippen molar-refractivity contribution in [1.29, 1.82) is 0 Å². The maximum absolute atomic E-state index is 13.0. The fourth-order valence-electron chi connectivity index (χ4n) is 3.11. The van der Waals surface area contributed by atoms with Crippen molar-refractivity contribution >= 4 is 44.8 Å². The quantitative estimate of drug-likeness (QED) is 0.822. The van der Waals surface area contributed by atoms with E-state index in [2.05, 4.69) is 5.32 Å². The molecule has 0 aliphatic carbocycles. The maximum atomic E-state index is 13.0. The number of hydrogen-bond donors (Lipinski definition) is 1. The minimum atomic E-state index is -3.86. The monoisotopic (exact) mass is 421 g/mol. The number of carbonyl (C=O) groups excluding carboxylic acids is 2. The number of sulfonamides is 1. The summed E-state index contributed by atoms with van der Waals surface area (Å²) in [5.41, 5.74) is 1.07. The second-order valence-corrected chi connectivity index (χ2v) is 9.08. The molecule has 2 amide bonds. The number of rotatable bonds is 4. The Hall–Kier alpha value is -2.42. The van der Waals surface area contributed by atoms with Crippen LogP contribution in [-0.4, -0.2) is 44.2 Å². The van der Waals surface area contributed by atoms with E-state index in [0.29, 0.717) is 16.4 Å². The summed E-state index contributed by atoms with van der Waals surface area (Å²) in [6.45, 7) is 1.39. The summed E-state index contributed by atoms with van der Waals surface area (Å²) < 4.78 is 26.5. The summed E-state index contributed by atoms with van der Waals surface area (Å²) in [5.74, 6) is -0.617. The van der Waals surface area contributed by atoms with Gasteiger partial charge in [0.1, 0.15) is 0 Å². The normalized spacial score (nSPS) is 17.1. The molecule has 1 unspecified atom stereocenters. The first-order chi connectivity index (χ1) is 13.2. The molecule has 0 saturated heterocycles. The second-order valence-electron chi connectivity index (χ2n) is 6.60. The molecule has 0 radical (unpaired) electrons. The summed E-state index contributed by atoms with van der Waals surface area (Å²) in [7, 11) is -2.51. The first-order valence-corrected chi connectivity index (χ1v) is 10.4. The summed E-state index contributed by atoms with van der Waals surface area (Å²) in [4.78, 5) is 26.6.